The number of hydrogen-bond donors (Lipinski definition) is 0. The van der Waals surface area contributed by atoms with Gasteiger partial charge in [0.05, 0.1) is 6.61 Å². The highest BCUT2D eigenvalue weighted by molar-refractivity contribution is 5.27. The summed E-state index contributed by atoms with van der Waals surface area (Å²) >= 11 is 0. The van der Waals surface area contributed by atoms with E-state index in [2.05, 4.69) is 13.0 Å². The molecule has 1 heterocycles. The molecule has 1 aliphatic carbocycles. The van der Waals surface area contributed by atoms with Crippen molar-refractivity contribution in [2.75, 3.05) is 6.61 Å². The lowest BCUT2D eigenvalue weighted by atomic mass is 10.1. The molecule has 1 fully saturated rings. The third-order valence-corrected chi connectivity index (χ3v) is 3.20. The summed E-state index contributed by atoms with van der Waals surface area (Å²) in [4.78, 5) is 0. The zero-order chi connectivity index (χ0) is 11.3. The Balaban J connectivity index is 1.50. The molecule has 2 rings (SSSR count). The summed E-state index contributed by atoms with van der Waals surface area (Å²) in [5, 5.41) is 0. The zero-order valence-corrected chi connectivity index (χ0v) is 10.2. The predicted octanol–water partition coefficient (Wildman–Crippen LogP) is 3.58. The summed E-state index contributed by atoms with van der Waals surface area (Å²) in [7, 11) is 0. The molecule has 0 aromatic heterocycles. The fraction of sp³-hybridized carbons (Fsp3) is 0.714. The van der Waals surface area contributed by atoms with Crippen LogP contribution in [0.25, 0.3) is 0 Å². The Bertz CT molecular complexity index is 270. The monoisotopic (exact) mass is 222 g/mol. The molecule has 0 aromatic rings. The first kappa shape index (κ1) is 11.9. The molecule has 1 saturated heterocycles. The Hall–Kier alpha value is -0.600. The van der Waals surface area contributed by atoms with E-state index in [1.807, 2.05) is 18.2 Å². The quantitative estimate of drug-likeness (QED) is 0.462. The summed E-state index contributed by atoms with van der Waals surface area (Å²) in [6.45, 7) is 3.07. The van der Waals surface area contributed by atoms with Gasteiger partial charge in [-0.05, 0) is 18.6 Å². The SMILES string of the molecule is CCCCCCCCOC12C=CC=CC1O2. The normalized spacial score (nSPS) is 30.4. The number of hydrogen-bond acceptors (Lipinski definition) is 2. The molecule has 2 heteroatoms. The number of allylic oxidation sites excluding steroid dienone is 2. The van der Waals surface area contributed by atoms with Crippen molar-refractivity contribution < 1.29 is 9.47 Å². The average molecular weight is 222 g/mol. The maximum absolute atomic E-state index is 5.79. The second-order valence-electron chi connectivity index (χ2n) is 4.62. The Morgan fingerprint density at radius 1 is 1.12 bits per heavy atom. The molecule has 0 aromatic carbocycles. The van der Waals surface area contributed by atoms with Crippen molar-refractivity contribution in [1.29, 1.82) is 0 Å². The van der Waals surface area contributed by atoms with E-state index in [1.165, 1.54) is 32.1 Å². The van der Waals surface area contributed by atoms with E-state index in [0.29, 0.717) is 0 Å². The van der Waals surface area contributed by atoms with E-state index in [-0.39, 0.29) is 11.9 Å². The molecule has 0 bridgehead atoms. The zero-order valence-electron chi connectivity index (χ0n) is 10.2. The summed E-state index contributed by atoms with van der Waals surface area (Å²) in [6.07, 6.45) is 16.1. The Labute approximate surface area is 98.3 Å². The lowest BCUT2D eigenvalue weighted by Gasteiger charge is -2.10. The van der Waals surface area contributed by atoms with Gasteiger partial charge in [-0.1, -0.05) is 51.2 Å². The largest absolute Gasteiger partial charge is 0.344 e. The van der Waals surface area contributed by atoms with Gasteiger partial charge in [-0.3, -0.25) is 0 Å². The molecule has 2 atom stereocenters. The number of ether oxygens (including phenoxy) is 2. The molecule has 0 N–H and O–H groups in total. The third-order valence-electron chi connectivity index (χ3n) is 3.20. The van der Waals surface area contributed by atoms with Gasteiger partial charge in [-0.2, -0.15) is 0 Å². The van der Waals surface area contributed by atoms with Crippen molar-refractivity contribution in [2.24, 2.45) is 0 Å². The minimum atomic E-state index is -0.377. The van der Waals surface area contributed by atoms with Gasteiger partial charge in [-0.15, -0.1) is 0 Å². The Morgan fingerprint density at radius 2 is 1.94 bits per heavy atom. The van der Waals surface area contributed by atoms with Gasteiger partial charge < -0.3 is 9.47 Å². The third kappa shape index (κ3) is 2.96. The topological polar surface area (TPSA) is 21.8 Å². The van der Waals surface area contributed by atoms with Crippen LogP contribution in [0, 0.1) is 0 Å². The van der Waals surface area contributed by atoms with Crippen LogP contribution >= 0.6 is 0 Å². The summed E-state index contributed by atoms with van der Waals surface area (Å²) < 4.78 is 11.3. The van der Waals surface area contributed by atoms with Gasteiger partial charge in [-0.25, -0.2) is 0 Å². The second-order valence-corrected chi connectivity index (χ2v) is 4.62. The van der Waals surface area contributed by atoms with E-state index in [9.17, 15) is 0 Å². The van der Waals surface area contributed by atoms with Crippen LogP contribution in [0.3, 0.4) is 0 Å². The summed E-state index contributed by atoms with van der Waals surface area (Å²) in [5.41, 5.74) is 0. The minimum absolute atomic E-state index is 0.178. The van der Waals surface area contributed by atoms with Gasteiger partial charge >= 0.3 is 0 Å². The molecule has 0 amide bonds. The summed E-state index contributed by atoms with van der Waals surface area (Å²) in [5.74, 6) is -0.377. The van der Waals surface area contributed by atoms with E-state index >= 15 is 0 Å². The van der Waals surface area contributed by atoms with Gasteiger partial charge in [0.25, 0.3) is 0 Å². The number of fused-ring (bicyclic) bond motifs is 1. The van der Waals surface area contributed by atoms with Crippen LogP contribution in [0.2, 0.25) is 0 Å². The van der Waals surface area contributed by atoms with E-state index in [1.54, 1.807) is 0 Å². The van der Waals surface area contributed by atoms with E-state index in [0.717, 1.165) is 13.0 Å². The number of unbranched alkanes of at least 4 members (excludes halogenated alkanes) is 5. The van der Waals surface area contributed by atoms with Crippen molar-refractivity contribution >= 4 is 0 Å². The van der Waals surface area contributed by atoms with Gasteiger partial charge in [0.2, 0.25) is 5.79 Å². The Morgan fingerprint density at radius 3 is 2.75 bits per heavy atom. The first-order valence-corrected chi connectivity index (χ1v) is 6.55. The highest BCUT2D eigenvalue weighted by Crippen LogP contribution is 2.42. The maximum atomic E-state index is 5.79. The van der Waals surface area contributed by atoms with Crippen LogP contribution in [0.5, 0.6) is 0 Å². The second kappa shape index (κ2) is 5.65. The highest BCUT2D eigenvalue weighted by atomic mass is 16.8. The van der Waals surface area contributed by atoms with Crippen molar-refractivity contribution in [3.8, 4) is 0 Å². The molecule has 16 heavy (non-hydrogen) atoms. The van der Waals surface area contributed by atoms with E-state index < -0.39 is 0 Å². The number of rotatable bonds is 8. The number of epoxide rings is 1. The molecule has 0 saturated carbocycles. The van der Waals surface area contributed by atoms with Crippen LogP contribution in [0.15, 0.2) is 24.3 Å². The van der Waals surface area contributed by atoms with Crippen LogP contribution in [0.4, 0.5) is 0 Å². The van der Waals surface area contributed by atoms with Crippen molar-refractivity contribution in [2.45, 2.75) is 57.3 Å². The fourth-order valence-corrected chi connectivity index (χ4v) is 2.11. The molecule has 0 spiro atoms. The molecule has 2 aliphatic rings. The molecule has 90 valence electrons. The standard InChI is InChI=1S/C14H22O2/c1-2-3-4-5-6-9-12-15-14-11-8-7-10-13(14)16-14/h7-8,10-11,13H,2-6,9,12H2,1H3. The lowest BCUT2D eigenvalue weighted by molar-refractivity contribution is -0.00976. The predicted molar refractivity (Wildman–Crippen MR) is 65.2 cm³/mol. The molecule has 2 unspecified atom stereocenters. The molecular weight excluding hydrogens is 200 g/mol. The van der Waals surface area contributed by atoms with Crippen LogP contribution in [-0.2, 0) is 9.47 Å². The fourth-order valence-electron chi connectivity index (χ4n) is 2.11. The van der Waals surface area contributed by atoms with Gasteiger partial charge in [0, 0.05) is 0 Å². The summed E-state index contributed by atoms with van der Waals surface area (Å²) in [6, 6.07) is 0. The van der Waals surface area contributed by atoms with Crippen LogP contribution < -0.4 is 0 Å². The maximum Gasteiger partial charge on any atom is 0.219 e. The van der Waals surface area contributed by atoms with Gasteiger partial charge in [0.1, 0.15) is 6.10 Å². The highest BCUT2D eigenvalue weighted by Gasteiger charge is 2.55. The molecule has 2 nitrogen and oxygen atoms in total. The van der Waals surface area contributed by atoms with Crippen LogP contribution in [0.1, 0.15) is 45.4 Å². The van der Waals surface area contributed by atoms with Crippen molar-refractivity contribution in [1.82, 2.24) is 0 Å². The molecular formula is C14H22O2. The smallest absolute Gasteiger partial charge is 0.219 e. The lowest BCUT2D eigenvalue weighted by Crippen LogP contribution is -2.18. The van der Waals surface area contributed by atoms with Crippen molar-refractivity contribution in [3.63, 3.8) is 0 Å². The first-order chi connectivity index (χ1) is 7.87. The molecule has 0 radical (unpaired) electrons. The average Bonchev–Trinajstić information content (AvgIpc) is 3.02. The first-order valence-electron chi connectivity index (χ1n) is 6.55. The van der Waals surface area contributed by atoms with Gasteiger partial charge in [0.15, 0.2) is 0 Å². The van der Waals surface area contributed by atoms with Crippen molar-refractivity contribution in [3.05, 3.63) is 24.3 Å². The Kier molecular flexibility index (Phi) is 4.19. The minimum Gasteiger partial charge on any atom is -0.344 e. The van der Waals surface area contributed by atoms with E-state index in [4.69, 9.17) is 9.47 Å². The van der Waals surface area contributed by atoms with Crippen LogP contribution in [-0.4, -0.2) is 18.5 Å². The molecule has 1 aliphatic heterocycles.